The van der Waals surface area contributed by atoms with Crippen LogP contribution in [0.5, 0.6) is 0 Å². The van der Waals surface area contributed by atoms with Crippen LogP contribution in [0.15, 0.2) is 30.3 Å². The molecule has 0 saturated heterocycles. The molecule has 0 aromatic heterocycles. The number of esters is 1. The van der Waals surface area contributed by atoms with Crippen LogP contribution in [-0.4, -0.2) is 36.9 Å². The van der Waals surface area contributed by atoms with Crippen LogP contribution in [0, 0.1) is 5.41 Å². The Labute approximate surface area is 525 Å². The van der Waals surface area contributed by atoms with Crippen LogP contribution < -0.4 is 5.32 Å². The Kier molecular flexibility index (Phi) is 63.6. The van der Waals surface area contributed by atoms with Gasteiger partial charge in [0.25, 0.3) is 0 Å². The molecule has 1 rings (SSSR count). The van der Waals surface area contributed by atoms with E-state index in [-0.39, 0.29) is 13.2 Å². The molecular formula is C78H147NO5. The number of amides is 1. The van der Waals surface area contributed by atoms with Crippen LogP contribution in [0.25, 0.3) is 0 Å². The van der Waals surface area contributed by atoms with Crippen molar-refractivity contribution in [1.29, 1.82) is 0 Å². The number of carbonyl (C=O) groups excluding carboxylic acids is 2. The monoisotopic (exact) mass is 1180 g/mol. The second-order valence-corrected chi connectivity index (χ2v) is 27.2. The number of aliphatic hydroxyl groups excluding tert-OH is 1. The third-order valence-electron chi connectivity index (χ3n) is 18.6. The molecule has 0 heterocycles. The Morgan fingerprint density at radius 1 is 0.333 bits per heavy atom. The highest BCUT2D eigenvalue weighted by Crippen LogP contribution is 2.22. The number of hydrogen-bond donors (Lipinski definition) is 2. The van der Waals surface area contributed by atoms with E-state index in [1.165, 1.54) is 392 Å². The summed E-state index contributed by atoms with van der Waals surface area (Å²) in [5.74, 6) is -0.588. The standard InChI is InChI=1S/C78H147NO5/c1-3-4-5-6-7-8-9-10-11-12-13-14-15-16-17-18-19-20-21-22-23-24-25-26-27-28-29-30-31-32-33-34-35-36-37-38-39-40-41-42-43-44-45-46-47-48-49-50-51-52-53-54-55-56-57-58-59-60-61-62-63-64-68-71-79-77(82)84-74-78(2,73-80)76(81)83-72-75-69-66-65-67-70-75/h65-67,69-70,80H,3-64,68,71-74H2,1-2H3,(H,79,82). The summed E-state index contributed by atoms with van der Waals surface area (Å²) in [5, 5.41) is 12.6. The maximum absolute atomic E-state index is 12.6. The quantitative estimate of drug-likeness (QED) is 0.0501. The van der Waals surface area contributed by atoms with Gasteiger partial charge in [0.05, 0.1) is 6.61 Å². The number of ether oxygens (including phenoxy) is 2. The molecule has 0 aliphatic heterocycles. The molecule has 0 radical (unpaired) electrons. The van der Waals surface area contributed by atoms with E-state index in [2.05, 4.69) is 12.2 Å². The SMILES string of the molecule is CCCCCCCCCCCCCCCCCCCCCCCCCCCCCCCCCCCCCCCCCCCCCCCCCCCCCCCCCCCCCCCCCNC(=O)OCC(C)(CO)C(=O)OCc1ccccc1. The Hall–Kier alpha value is -2.08. The van der Waals surface area contributed by atoms with Crippen LogP contribution in [0.1, 0.15) is 424 Å². The summed E-state index contributed by atoms with van der Waals surface area (Å²) in [5.41, 5.74) is -0.438. The van der Waals surface area contributed by atoms with Crippen molar-refractivity contribution < 1.29 is 24.2 Å². The average Bonchev–Trinajstić information content (AvgIpc) is 3.55. The van der Waals surface area contributed by atoms with Gasteiger partial charge in [0.15, 0.2) is 0 Å². The van der Waals surface area contributed by atoms with Crippen LogP contribution in [-0.2, 0) is 20.9 Å². The molecule has 1 aromatic rings. The van der Waals surface area contributed by atoms with Crippen molar-refractivity contribution in [1.82, 2.24) is 5.32 Å². The van der Waals surface area contributed by atoms with Gasteiger partial charge in [-0.2, -0.15) is 0 Å². The summed E-state index contributed by atoms with van der Waals surface area (Å²) in [7, 11) is 0. The summed E-state index contributed by atoms with van der Waals surface area (Å²) >= 11 is 0. The number of benzene rings is 1. The second kappa shape index (κ2) is 66.9. The zero-order valence-electron chi connectivity index (χ0n) is 56.8. The van der Waals surface area contributed by atoms with E-state index in [9.17, 15) is 14.7 Å². The Bertz CT molecular complexity index is 1440. The third kappa shape index (κ3) is 58.9. The Balaban J connectivity index is 1.64. The average molecular weight is 1180 g/mol. The van der Waals surface area contributed by atoms with Crippen LogP contribution >= 0.6 is 0 Å². The van der Waals surface area contributed by atoms with E-state index in [1.807, 2.05) is 30.3 Å². The Morgan fingerprint density at radius 2 is 0.548 bits per heavy atom. The molecule has 6 nitrogen and oxygen atoms in total. The number of nitrogens with one attached hydrogen (secondary N) is 1. The molecule has 0 bridgehead atoms. The molecule has 6 heteroatoms. The first-order valence-electron chi connectivity index (χ1n) is 38.2. The third-order valence-corrected chi connectivity index (χ3v) is 18.6. The molecule has 0 aliphatic carbocycles. The largest absolute Gasteiger partial charge is 0.460 e. The molecule has 1 amide bonds. The molecule has 0 saturated carbocycles. The van der Waals surface area contributed by atoms with Gasteiger partial charge in [0.2, 0.25) is 0 Å². The van der Waals surface area contributed by atoms with Crippen molar-refractivity contribution in [3.05, 3.63) is 35.9 Å². The normalized spacial score (nSPS) is 12.3. The van der Waals surface area contributed by atoms with E-state index >= 15 is 0 Å². The van der Waals surface area contributed by atoms with E-state index in [4.69, 9.17) is 9.47 Å². The second-order valence-electron chi connectivity index (χ2n) is 27.2. The highest BCUT2D eigenvalue weighted by Gasteiger charge is 2.36. The lowest BCUT2D eigenvalue weighted by molar-refractivity contribution is -0.161. The van der Waals surface area contributed by atoms with Gasteiger partial charge in [-0.25, -0.2) is 4.79 Å². The summed E-state index contributed by atoms with van der Waals surface area (Å²) in [6.45, 7) is 3.82. The van der Waals surface area contributed by atoms with Gasteiger partial charge in [-0.05, 0) is 18.9 Å². The van der Waals surface area contributed by atoms with Gasteiger partial charge >= 0.3 is 12.1 Å². The number of hydrogen-bond acceptors (Lipinski definition) is 5. The summed E-state index contributed by atoms with van der Waals surface area (Å²) < 4.78 is 10.6. The van der Waals surface area contributed by atoms with Gasteiger partial charge in [-0.3, -0.25) is 4.79 Å². The fraction of sp³-hybridized carbons (Fsp3) is 0.897. The fourth-order valence-corrected chi connectivity index (χ4v) is 12.5. The van der Waals surface area contributed by atoms with Gasteiger partial charge in [0.1, 0.15) is 18.6 Å². The number of unbranched alkanes of at least 4 members (excludes halogenated alkanes) is 62. The van der Waals surface area contributed by atoms with Gasteiger partial charge in [-0.1, -0.05) is 435 Å². The van der Waals surface area contributed by atoms with Gasteiger partial charge in [-0.15, -0.1) is 0 Å². The topological polar surface area (TPSA) is 84.9 Å². The van der Waals surface area contributed by atoms with Crippen molar-refractivity contribution >= 4 is 12.1 Å². The van der Waals surface area contributed by atoms with E-state index in [0.29, 0.717) is 6.54 Å². The summed E-state index contributed by atoms with van der Waals surface area (Å²) in [6.07, 6.45) is 90.2. The minimum absolute atomic E-state index is 0.112. The fourth-order valence-electron chi connectivity index (χ4n) is 12.5. The maximum Gasteiger partial charge on any atom is 0.407 e. The van der Waals surface area contributed by atoms with Crippen LogP contribution in [0.4, 0.5) is 4.79 Å². The van der Waals surface area contributed by atoms with Crippen molar-refractivity contribution in [3.8, 4) is 0 Å². The molecule has 2 N–H and O–H groups in total. The number of carbonyl (C=O) groups is 2. The minimum atomic E-state index is -1.30. The highest BCUT2D eigenvalue weighted by atomic mass is 16.6. The van der Waals surface area contributed by atoms with E-state index in [1.54, 1.807) is 6.92 Å². The van der Waals surface area contributed by atoms with Crippen molar-refractivity contribution in [2.45, 2.75) is 425 Å². The molecule has 1 unspecified atom stereocenters. The molecule has 494 valence electrons. The van der Waals surface area contributed by atoms with Crippen LogP contribution in [0.2, 0.25) is 0 Å². The van der Waals surface area contributed by atoms with E-state index in [0.717, 1.165) is 18.4 Å². The maximum atomic E-state index is 12.6. The lowest BCUT2D eigenvalue weighted by Crippen LogP contribution is -2.40. The predicted molar refractivity (Wildman–Crippen MR) is 367 cm³/mol. The van der Waals surface area contributed by atoms with Crippen molar-refractivity contribution in [2.75, 3.05) is 19.8 Å². The van der Waals surface area contributed by atoms with Crippen molar-refractivity contribution in [2.24, 2.45) is 5.41 Å². The van der Waals surface area contributed by atoms with E-state index < -0.39 is 24.1 Å². The van der Waals surface area contributed by atoms with Gasteiger partial charge < -0.3 is 19.9 Å². The zero-order valence-corrected chi connectivity index (χ0v) is 56.8. The lowest BCUT2D eigenvalue weighted by atomic mass is 9.93. The first-order chi connectivity index (χ1) is 41.5. The minimum Gasteiger partial charge on any atom is -0.460 e. The number of alkyl carbamates (subject to hydrolysis) is 1. The molecule has 0 spiro atoms. The molecule has 0 fully saturated rings. The summed E-state index contributed by atoms with van der Waals surface area (Å²) in [4.78, 5) is 24.7. The molecule has 0 aliphatic rings. The lowest BCUT2D eigenvalue weighted by Gasteiger charge is -2.24. The smallest absolute Gasteiger partial charge is 0.407 e. The first kappa shape index (κ1) is 79.9. The zero-order chi connectivity index (χ0) is 60.3. The predicted octanol–water partition coefficient (Wildman–Crippen LogP) is 26.1. The molecular weight excluding hydrogens is 1030 g/mol. The first-order valence-corrected chi connectivity index (χ1v) is 38.2. The molecule has 1 aromatic carbocycles. The highest BCUT2D eigenvalue weighted by molar-refractivity contribution is 5.77. The summed E-state index contributed by atoms with van der Waals surface area (Å²) in [6, 6.07) is 9.37. The number of rotatable bonds is 70. The molecule has 1 atom stereocenters. The molecule has 84 heavy (non-hydrogen) atoms. The van der Waals surface area contributed by atoms with Crippen molar-refractivity contribution in [3.63, 3.8) is 0 Å². The number of aliphatic hydroxyl groups is 1. The van der Waals surface area contributed by atoms with Crippen LogP contribution in [0.3, 0.4) is 0 Å². The van der Waals surface area contributed by atoms with Gasteiger partial charge in [0, 0.05) is 6.54 Å². The Morgan fingerprint density at radius 3 is 0.762 bits per heavy atom.